The van der Waals surface area contributed by atoms with E-state index in [0.29, 0.717) is 16.6 Å². The van der Waals surface area contributed by atoms with Crippen molar-refractivity contribution in [1.82, 2.24) is 4.90 Å². The summed E-state index contributed by atoms with van der Waals surface area (Å²) in [5, 5.41) is 0.940. The Balaban J connectivity index is 1.83. The second-order valence-electron chi connectivity index (χ2n) is 6.95. The lowest BCUT2D eigenvalue weighted by atomic mass is 9.95. The molecule has 3 rings (SSSR count). The fourth-order valence-corrected chi connectivity index (χ4v) is 3.34. The van der Waals surface area contributed by atoms with Gasteiger partial charge in [0.05, 0.1) is 16.0 Å². The summed E-state index contributed by atoms with van der Waals surface area (Å²) < 4.78 is 5.30. The first-order valence-corrected chi connectivity index (χ1v) is 7.89. The molecule has 1 aromatic rings. The van der Waals surface area contributed by atoms with E-state index in [1.165, 1.54) is 4.90 Å². The van der Waals surface area contributed by atoms with Crippen molar-refractivity contribution in [1.29, 1.82) is 0 Å². The second-order valence-corrected chi connectivity index (χ2v) is 7.76. The summed E-state index contributed by atoms with van der Waals surface area (Å²) >= 11 is 12.0. The van der Waals surface area contributed by atoms with E-state index < -0.39 is 11.7 Å². The zero-order chi connectivity index (χ0) is 16.3. The highest BCUT2D eigenvalue weighted by atomic mass is 35.5. The minimum absolute atomic E-state index is 0.166. The van der Waals surface area contributed by atoms with Crippen molar-refractivity contribution in [2.24, 2.45) is 5.92 Å². The molecule has 1 saturated carbocycles. The molecular formula is C16H17Cl2NO3. The van der Waals surface area contributed by atoms with Crippen molar-refractivity contribution in [3.63, 3.8) is 0 Å². The number of hydrogen-bond acceptors (Lipinski definition) is 3. The van der Waals surface area contributed by atoms with Gasteiger partial charge in [0.1, 0.15) is 5.60 Å². The molecule has 2 aliphatic rings. The Hall–Kier alpha value is -1.26. The van der Waals surface area contributed by atoms with Crippen molar-refractivity contribution in [3.05, 3.63) is 33.8 Å². The molecule has 2 amide bonds. The third-order valence-corrected chi connectivity index (χ3v) is 4.93. The second kappa shape index (κ2) is 4.87. The SMILES string of the molecule is CC(C)(C)OC(=O)N1CC2(c3ccc(Cl)c(Cl)c3)CC2C1=O. The summed E-state index contributed by atoms with van der Waals surface area (Å²) in [6.07, 6.45) is 0.160. The van der Waals surface area contributed by atoms with Crippen LogP contribution < -0.4 is 0 Å². The molecule has 0 bridgehead atoms. The number of benzene rings is 1. The van der Waals surface area contributed by atoms with E-state index in [1.54, 1.807) is 32.9 Å². The number of piperidine rings is 1. The lowest BCUT2D eigenvalue weighted by Gasteiger charge is -2.25. The number of imide groups is 1. The number of amides is 2. The van der Waals surface area contributed by atoms with Gasteiger partial charge >= 0.3 is 6.09 Å². The third kappa shape index (κ3) is 2.48. The number of carbonyl (C=O) groups is 2. The van der Waals surface area contributed by atoms with Gasteiger partial charge < -0.3 is 4.74 Å². The maximum atomic E-state index is 12.4. The first-order valence-electron chi connectivity index (χ1n) is 7.14. The van der Waals surface area contributed by atoms with Crippen LogP contribution in [-0.4, -0.2) is 29.0 Å². The Bertz CT molecular complexity index is 668. The Morgan fingerprint density at radius 2 is 2.00 bits per heavy atom. The van der Waals surface area contributed by atoms with Crippen LogP contribution in [0, 0.1) is 5.92 Å². The molecule has 1 aliphatic carbocycles. The van der Waals surface area contributed by atoms with E-state index in [2.05, 4.69) is 0 Å². The minimum Gasteiger partial charge on any atom is -0.443 e. The number of likely N-dealkylation sites (tertiary alicyclic amines) is 1. The molecule has 22 heavy (non-hydrogen) atoms. The number of fused-ring (bicyclic) bond motifs is 1. The number of halogens is 2. The quantitative estimate of drug-likeness (QED) is 0.774. The molecular weight excluding hydrogens is 325 g/mol. The highest BCUT2D eigenvalue weighted by Gasteiger charge is 2.67. The Morgan fingerprint density at radius 1 is 1.32 bits per heavy atom. The van der Waals surface area contributed by atoms with Crippen LogP contribution >= 0.6 is 23.2 Å². The highest BCUT2D eigenvalue weighted by Crippen LogP contribution is 2.60. The van der Waals surface area contributed by atoms with Gasteiger partial charge in [-0.3, -0.25) is 4.79 Å². The van der Waals surface area contributed by atoms with Gasteiger partial charge in [0.2, 0.25) is 5.91 Å². The predicted octanol–water partition coefficient (Wildman–Crippen LogP) is 4.03. The van der Waals surface area contributed by atoms with Gasteiger partial charge in [-0.15, -0.1) is 0 Å². The van der Waals surface area contributed by atoms with E-state index in [4.69, 9.17) is 27.9 Å². The molecule has 1 aromatic carbocycles. The zero-order valence-electron chi connectivity index (χ0n) is 12.7. The summed E-state index contributed by atoms with van der Waals surface area (Å²) in [6.45, 7) is 5.67. The van der Waals surface area contributed by atoms with E-state index in [9.17, 15) is 9.59 Å². The smallest absolute Gasteiger partial charge is 0.417 e. The molecule has 1 aliphatic heterocycles. The zero-order valence-corrected chi connectivity index (χ0v) is 14.2. The normalized spacial score (nSPS) is 26.9. The molecule has 118 valence electrons. The van der Waals surface area contributed by atoms with Crippen LogP contribution in [0.15, 0.2) is 18.2 Å². The monoisotopic (exact) mass is 341 g/mol. The van der Waals surface area contributed by atoms with Gasteiger partial charge in [0, 0.05) is 12.0 Å². The van der Waals surface area contributed by atoms with Crippen molar-refractivity contribution in [2.75, 3.05) is 6.54 Å². The molecule has 0 N–H and O–H groups in total. The number of ether oxygens (including phenoxy) is 1. The van der Waals surface area contributed by atoms with Crippen molar-refractivity contribution < 1.29 is 14.3 Å². The molecule has 0 aromatic heterocycles. The van der Waals surface area contributed by atoms with Crippen LogP contribution in [0.4, 0.5) is 4.79 Å². The summed E-state index contributed by atoms with van der Waals surface area (Å²) in [6, 6.07) is 5.39. The molecule has 1 saturated heterocycles. The van der Waals surface area contributed by atoms with Crippen LogP contribution in [0.1, 0.15) is 32.8 Å². The Kier molecular flexibility index (Phi) is 3.46. The largest absolute Gasteiger partial charge is 0.443 e. The first kappa shape index (κ1) is 15.6. The summed E-state index contributed by atoms with van der Waals surface area (Å²) in [5.41, 5.74) is -0.00497. The standard InChI is InChI=1S/C16H17Cl2NO3/c1-15(2,3)22-14(21)19-8-16(7-10(16)13(19)20)9-4-5-11(17)12(18)6-9/h4-6,10H,7-8H2,1-3H3. The van der Waals surface area contributed by atoms with Crippen LogP contribution in [-0.2, 0) is 14.9 Å². The molecule has 2 atom stereocenters. The molecule has 0 spiro atoms. The fourth-order valence-electron chi connectivity index (χ4n) is 3.04. The van der Waals surface area contributed by atoms with Gasteiger partial charge in [-0.05, 0) is 44.9 Å². The number of rotatable bonds is 1. The van der Waals surface area contributed by atoms with Crippen molar-refractivity contribution in [3.8, 4) is 0 Å². The topological polar surface area (TPSA) is 46.6 Å². The highest BCUT2D eigenvalue weighted by molar-refractivity contribution is 6.42. The van der Waals surface area contributed by atoms with Gasteiger partial charge in [0.25, 0.3) is 0 Å². The van der Waals surface area contributed by atoms with Gasteiger partial charge in [-0.1, -0.05) is 29.3 Å². The number of carbonyl (C=O) groups excluding carboxylic acids is 2. The fraction of sp³-hybridized carbons (Fsp3) is 0.500. The van der Waals surface area contributed by atoms with Crippen molar-refractivity contribution in [2.45, 2.75) is 38.2 Å². The average molecular weight is 342 g/mol. The van der Waals surface area contributed by atoms with E-state index >= 15 is 0 Å². The minimum atomic E-state index is -0.624. The average Bonchev–Trinajstić information content (AvgIpc) is 3.05. The first-order chi connectivity index (χ1) is 10.1. The molecule has 0 radical (unpaired) electrons. The van der Waals surface area contributed by atoms with Crippen molar-refractivity contribution >= 4 is 35.2 Å². The molecule has 4 nitrogen and oxygen atoms in total. The lowest BCUT2D eigenvalue weighted by Crippen LogP contribution is -2.40. The van der Waals surface area contributed by atoms with Crippen LogP contribution in [0.25, 0.3) is 0 Å². The van der Waals surface area contributed by atoms with E-state index in [0.717, 1.165) is 12.0 Å². The van der Waals surface area contributed by atoms with Gasteiger partial charge in [-0.2, -0.15) is 0 Å². The van der Waals surface area contributed by atoms with Gasteiger partial charge in [-0.25, -0.2) is 9.69 Å². The Labute approximate surface area is 139 Å². The Morgan fingerprint density at radius 3 is 2.59 bits per heavy atom. The van der Waals surface area contributed by atoms with Crippen LogP contribution in [0.2, 0.25) is 10.0 Å². The lowest BCUT2D eigenvalue weighted by molar-refractivity contribution is -0.129. The molecule has 2 fully saturated rings. The molecule has 6 heteroatoms. The third-order valence-electron chi connectivity index (χ3n) is 4.19. The van der Waals surface area contributed by atoms with Crippen LogP contribution in [0.3, 0.4) is 0 Å². The maximum absolute atomic E-state index is 12.4. The predicted molar refractivity (Wildman–Crippen MR) is 84.2 cm³/mol. The summed E-state index contributed by atoms with van der Waals surface area (Å²) in [4.78, 5) is 25.7. The van der Waals surface area contributed by atoms with Crippen LogP contribution in [0.5, 0.6) is 0 Å². The van der Waals surface area contributed by atoms with E-state index in [-0.39, 0.29) is 17.2 Å². The van der Waals surface area contributed by atoms with E-state index in [1.807, 2.05) is 6.07 Å². The summed E-state index contributed by atoms with van der Waals surface area (Å²) in [5.74, 6) is -0.336. The number of nitrogens with zero attached hydrogens (tertiary/aromatic N) is 1. The number of hydrogen-bond donors (Lipinski definition) is 0. The maximum Gasteiger partial charge on any atom is 0.417 e. The van der Waals surface area contributed by atoms with Gasteiger partial charge in [0.15, 0.2) is 0 Å². The summed E-state index contributed by atoms with van der Waals surface area (Å²) in [7, 11) is 0. The molecule has 1 heterocycles. The molecule has 2 unspecified atom stereocenters.